The molecule has 0 aliphatic rings. The van der Waals surface area contributed by atoms with Gasteiger partial charge in [-0.2, -0.15) is 0 Å². The fourth-order valence-corrected chi connectivity index (χ4v) is 1.18. The van der Waals surface area contributed by atoms with Gasteiger partial charge in [-0.15, -0.1) is 0 Å². The van der Waals surface area contributed by atoms with Crippen molar-refractivity contribution in [3.05, 3.63) is 0 Å². The van der Waals surface area contributed by atoms with E-state index in [0.29, 0.717) is 0 Å². The molecule has 0 amide bonds. The maximum atomic E-state index is 5.09. The molecule has 0 saturated heterocycles. The van der Waals surface area contributed by atoms with E-state index in [-0.39, 0.29) is 0 Å². The number of hydrogen-bond acceptors (Lipinski definition) is 1. The molecule has 0 heterocycles. The minimum absolute atomic E-state index is 1.17. The van der Waals surface area contributed by atoms with Crippen molar-refractivity contribution in [1.29, 1.82) is 0 Å². The Hall–Kier alpha value is 0.635. The summed E-state index contributed by atoms with van der Waals surface area (Å²) >= 11 is 0. The summed E-state index contributed by atoms with van der Waals surface area (Å²) in [6.07, 6.45) is 1.22. The Balaban J connectivity index is 2.54. The third-order valence-electron chi connectivity index (χ3n) is 0.355. The molecule has 34 valence electrons. The molecule has 0 aliphatic heterocycles. The molecule has 0 spiro atoms. The van der Waals surface area contributed by atoms with Gasteiger partial charge in [-0.05, 0) is 0 Å². The molecule has 0 unspecified atom stereocenters. The molecule has 0 bridgehead atoms. The van der Waals surface area contributed by atoms with Crippen LogP contribution in [0.2, 0.25) is 0 Å². The molecule has 0 aromatic rings. The van der Waals surface area contributed by atoms with Crippen molar-refractivity contribution in [2.45, 2.75) is 13.3 Å². The Morgan fingerprint density at radius 2 is 2.33 bits per heavy atom. The summed E-state index contributed by atoms with van der Waals surface area (Å²) in [7, 11) is 3.05. The summed E-state index contributed by atoms with van der Waals surface area (Å²) in [5.41, 5.74) is 0. The average Bonchev–Trinajstić information content (AvgIpc) is 1.61. The van der Waals surface area contributed by atoms with Crippen molar-refractivity contribution in [3.63, 3.8) is 0 Å². The molecule has 0 atom stereocenters. The fraction of sp³-hybridized carbons (Fsp3) is 1.00. The monoisotopic (exact) mass is 118 g/mol. The van der Waals surface area contributed by atoms with Gasteiger partial charge >= 0.3 is 46.5 Å². The van der Waals surface area contributed by atoms with Crippen molar-refractivity contribution in [3.8, 4) is 0 Å². The summed E-state index contributed by atoms with van der Waals surface area (Å²) in [6, 6.07) is 0. The third kappa shape index (κ3) is 4.63. The zero-order valence-corrected chi connectivity index (χ0v) is 5.44. The molecule has 3 heteroatoms. The van der Waals surface area contributed by atoms with Crippen LogP contribution in [0.25, 0.3) is 0 Å². The van der Waals surface area contributed by atoms with Crippen LogP contribution in [0, 0.1) is 0 Å². The van der Waals surface area contributed by atoms with Gasteiger partial charge in [0, 0.05) is 0 Å². The molecule has 0 fully saturated rings. The molecule has 0 aromatic heterocycles. The van der Waals surface area contributed by atoms with E-state index < -0.39 is 0 Å². The van der Waals surface area contributed by atoms with Crippen molar-refractivity contribution < 1.29 is 0 Å². The van der Waals surface area contributed by atoms with Crippen molar-refractivity contribution in [1.82, 2.24) is 0 Å². The number of rotatable bonds is 2. The number of hydrogen-bond donors (Lipinski definition) is 0. The molecule has 0 aliphatic carbocycles. The van der Waals surface area contributed by atoms with E-state index in [9.17, 15) is 0 Å². The van der Waals surface area contributed by atoms with Gasteiger partial charge in [0.2, 0.25) is 0 Å². The van der Waals surface area contributed by atoms with Crippen LogP contribution in [0.1, 0.15) is 13.3 Å². The zero-order valence-electron chi connectivity index (χ0n) is 3.81. The second kappa shape index (κ2) is 5.63. The van der Waals surface area contributed by atoms with Gasteiger partial charge in [0.25, 0.3) is 0 Å². The average molecular weight is 118 g/mol. The van der Waals surface area contributed by atoms with Crippen LogP contribution in [0.3, 0.4) is 0 Å². The first-order valence-electron chi connectivity index (χ1n) is 1.90. The van der Waals surface area contributed by atoms with Crippen LogP contribution >= 0.6 is 20.8 Å². The van der Waals surface area contributed by atoms with Crippen LogP contribution < -0.4 is 0 Å². The van der Waals surface area contributed by atoms with Gasteiger partial charge in [-0.1, -0.05) is 0 Å². The Kier molecular flexibility index (Phi) is 6.23. The predicted molar refractivity (Wildman–Crippen MR) is 36.1 cm³/mol. The van der Waals surface area contributed by atoms with Crippen LogP contribution in [-0.2, 0) is 0 Å². The Morgan fingerprint density at radius 3 is 2.50 bits per heavy atom. The SMILES string of the molecule is B#SSCCC. The Labute approximate surface area is 47.0 Å². The van der Waals surface area contributed by atoms with Gasteiger partial charge in [0.1, 0.15) is 0 Å². The van der Waals surface area contributed by atoms with Gasteiger partial charge in [-0.3, -0.25) is 0 Å². The fourth-order valence-electron chi connectivity index (χ4n) is 0.131. The second-order valence-electron chi connectivity index (χ2n) is 0.918. The molecular formula is C3H7BS2. The van der Waals surface area contributed by atoms with E-state index in [4.69, 9.17) is 6.53 Å². The molecule has 0 aromatic carbocycles. The van der Waals surface area contributed by atoms with Crippen LogP contribution in [0.4, 0.5) is 0 Å². The summed E-state index contributed by atoms with van der Waals surface area (Å²) in [4.78, 5) is 0. The first kappa shape index (κ1) is 6.63. The first-order chi connectivity index (χ1) is 2.91. The van der Waals surface area contributed by atoms with Crippen molar-refractivity contribution >= 4 is 27.4 Å². The van der Waals surface area contributed by atoms with Crippen LogP contribution in [-0.4, -0.2) is 12.3 Å². The van der Waals surface area contributed by atoms with E-state index in [1.807, 2.05) is 0 Å². The maximum absolute atomic E-state index is 5.09. The van der Waals surface area contributed by atoms with Gasteiger partial charge in [0.05, 0.1) is 0 Å². The van der Waals surface area contributed by atoms with E-state index in [1.54, 1.807) is 10.8 Å². The van der Waals surface area contributed by atoms with Gasteiger partial charge in [0.15, 0.2) is 0 Å². The molecule has 0 nitrogen and oxygen atoms in total. The topological polar surface area (TPSA) is 0 Å². The van der Waals surface area contributed by atoms with Crippen molar-refractivity contribution in [2.75, 3.05) is 5.75 Å². The zero-order chi connectivity index (χ0) is 4.83. The van der Waals surface area contributed by atoms with E-state index in [0.717, 1.165) is 0 Å². The normalized spacial score (nSPS) is 8.50. The van der Waals surface area contributed by atoms with Crippen LogP contribution in [0.15, 0.2) is 0 Å². The predicted octanol–water partition coefficient (Wildman–Crippen LogP) is 1.86. The molecule has 0 radical (unpaired) electrons. The molecule has 0 rings (SSSR count). The van der Waals surface area contributed by atoms with Crippen LogP contribution in [0.5, 0.6) is 0 Å². The standard InChI is InChI=1S/C3H7BS2/c1-2-3-5-6-4/h2-3H2,1H3. The summed E-state index contributed by atoms with van der Waals surface area (Å²) in [6.45, 7) is 7.24. The van der Waals surface area contributed by atoms with E-state index in [2.05, 4.69) is 6.92 Å². The van der Waals surface area contributed by atoms with Gasteiger partial charge in [-0.25, -0.2) is 0 Å². The molecular weight excluding hydrogens is 111 g/mol. The molecule has 0 N–H and O–H groups in total. The van der Waals surface area contributed by atoms with E-state index in [1.165, 1.54) is 22.2 Å². The first-order valence-corrected chi connectivity index (χ1v) is 4.28. The second-order valence-corrected chi connectivity index (χ2v) is 3.04. The molecule has 0 saturated carbocycles. The van der Waals surface area contributed by atoms with E-state index >= 15 is 0 Å². The third-order valence-corrected chi connectivity index (χ3v) is 1.97. The summed E-state index contributed by atoms with van der Waals surface area (Å²) < 4.78 is 0. The van der Waals surface area contributed by atoms with Crippen molar-refractivity contribution in [2.24, 2.45) is 0 Å². The summed E-state index contributed by atoms with van der Waals surface area (Å²) in [5.74, 6) is 1.17. The Bertz CT molecular complexity index is 56.3. The Morgan fingerprint density at radius 1 is 1.67 bits per heavy atom. The minimum atomic E-state index is 1.17. The summed E-state index contributed by atoms with van der Waals surface area (Å²) in [5, 5.41) is 0. The quantitative estimate of drug-likeness (QED) is 0.303. The van der Waals surface area contributed by atoms with Gasteiger partial charge < -0.3 is 0 Å². The molecule has 6 heavy (non-hydrogen) atoms.